The lowest BCUT2D eigenvalue weighted by Gasteiger charge is -2.11. The van der Waals surface area contributed by atoms with E-state index in [-0.39, 0.29) is 0 Å². The van der Waals surface area contributed by atoms with Gasteiger partial charge in [-0.1, -0.05) is 39.5 Å². The quantitative estimate of drug-likeness (QED) is 0.469. The van der Waals surface area contributed by atoms with Gasteiger partial charge in [-0.2, -0.15) is 0 Å². The number of fused-ring (bicyclic) bond motifs is 1. The molecule has 0 N–H and O–H groups in total. The summed E-state index contributed by atoms with van der Waals surface area (Å²) in [6.07, 6.45) is 9.87. The molecule has 2 atom stereocenters. The van der Waals surface area contributed by atoms with E-state index in [1.165, 1.54) is 38.5 Å². The Morgan fingerprint density at radius 1 is 1.15 bits per heavy atom. The van der Waals surface area contributed by atoms with Gasteiger partial charge in [-0.05, 0) is 24.7 Å². The Kier molecular flexibility index (Phi) is 2.92. The van der Waals surface area contributed by atoms with E-state index in [1.54, 1.807) is 0 Å². The molecule has 1 saturated heterocycles. The van der Waals surface area contributed by atoms with Crippen LogP contribution in [0.3, 0.4) is 0 Å². The van der Waals surface area contributed by atoms with E-state index in [0.717, 1.165) is 11.8 Å². The Morgan fingerprint density at radius 3 is 2.46 bits per heavy atom. The molecule has 1 nitrogen and oxygen atoms in total. The number of epoxide rings is 1. The molecule has 0 aromatic rings. The number of rotatable bonds is 5. The highest BCUT2D eigenvalue weighted by Gasteiger charge is 2.47. The van der Waals surface area contributed by atoms with Gasteiger partial charge in [0.05, 0.1) is 12.2 Å². The number of hydrogen-bond donors (Lipinski definition) is 0. The molecule has 1 heteroatoms. The second kappa shape index (κ2) is 4.00. The number of unbranched alkanes of at least 4 members (excludes halogenated alkanes) is 1. The van der Waals surface area contributed by atoms with E-state index in [1.807, 2.05) is 0 Å². The van der Waals surface area contributed by atoms with Crippen molar-refractivity contribution in [1.29, 1.82) is 0 Å². The number of ether oxygens (including phenoxy) is 1. The molecule has 1 saturated carbocycles. The average Bonchev–Trinajstić information content (AvgIpc) is 2.68. The summed E-state index contributed by atoms with van der Waals surface area (Å²) in [6, 6.07) is 0. The molecule has 1 heterocycles. The van der Waals surface area contributed by atoms with Crippen molar-refractivity contribution in [3.05, 3.63) is 0 Å². The van der Waals surface area contributed by atoms with E-state index >= 15 is 0 Å². The molecule has 1 aliphatic heterocycles. The SMILES string of the molecule is CC(C)CCCCC1CC2OC2C1. The van der Waals surface area contributed by atoms with Crippen LogP contribution >= 0.6 is 0 Å². The van der Waals surface area contributed by atoms with Crippen LogP contribution in [0, 0.1) is 11.8 Å². The van der Waals surface area contributed by atoms with E-state index in [9.17, 15) is 0 Å². The number of hydrogen-bond acceptors (Lipinski definition) is 1. The Morgan fingerprint density at radius 2 is 1.85 bits per heavy atom. The van der Waals surface area contributed by atoms with Gasteiger partial charge in [-0.3, -0.25) is 0 Å². The lowest BCUT2D eigenvalue weighted by atomic mass is 9.97. The van der Waals surface area contributed by atoms with Gasteiger partial charge in [0, 0.05) is 0 Å². The average molecular weight is 182 g/mol. The van der Waals surface area contributed by atoms with Crippen molar-refractivity contribution in [2.75, 3.05) is 0 Å². The maximum absolute atomic E-state index is 5.43. The van der Waals surface area contributed by atoms with Crippen LogP contribution in [-0.2, 0) is 4.74 Å². The fourth-order valence-electron chi connectivity index (χ4n) is 2.57. The van der Waals surface area contributed by atoms with Crippen LogP contribution in [0.15, 0.2) is 0 Å². The van der Waals surface area contributed by atoms with Crippen LogP contribution in [0.2, 0.25) is 0 Å². The molecule has 2 fully saturated rings. The van der Waals surface area contributed by atoms with Crippen LogP contribution < -0.4 is 0 Å². The molecule has 0 aromatic heterocycles. The van der Waals surface area contributed by atoms with Crippen molar-refractivity contribution >= 4 is 0 Å². The predicted octanol–water partition coefficient (Wildman–Crippen LogP) is 3.38. The lowest BCUT2D eigenvalue weighted by Crippen LogP contribution is -1.99. The minimum Gasteiger partial charge on any atom is -0.370 e. The molecule has 0 bridgehead atoms. The topological polar surface area (TPSA) is 12.5 Å². The summed E-state index contributed by atoms with van der Waals surface area (Å²) >= 11 is 0. The summed E-state index contributed by atoms with van der Waals surface area (Å²) in [5.74, 6) is 1.90. The van der Waals surface area contributed by atoms with Crippen molar-refractivity contribution in [2.24, 2.45) is 11.8 Å². The minimum atomic E-state index is 0.690. The van der Waals surface area contributed by atoms with Crippen molar-refractivity contribution in [2.45, 2.75) is 64.6 Å². The smallest absolute Gasteiger partial charge is 0.0844 e. The van der Waals surface area contributed by atoms with Crippen LogP contribution in [0.5, 0.6) is 0 Å². The van der Waals surface area contributed by atoms with Crippen molar-refractivity contribution in [1.82, 2.24) is 0 Å². The first kappa shape index (κ1) is 9.51. The maximum Gasteiger partial charge on any atom is 0.0844 e. The highest BCUT2D eigenvalue weighted by molar-refractivity contribution is 4.95. The van der Waals surface area contributed by atoms with Crippen molar-refractivity contribution < 1.29 is 4.74 Å². The van der Waals surface area contributed by atoms with Gasteiger partial charge in [0.2, 0.25) is 0 Å². The van der Waals surface area contributed by atoms with E-state index in [4.69, 9.17) is 4.74 Å². The van der Waals surface area contributed by atoms with Crippen LogP contribution in [0.1, 0.15) is 52.4 Å². The van der Waals surface area contributed by atoms with Gasteiger partial charge in [0.1, 0.15) is 0 Å². The van der Waals surface area contributed by atoms with Gasteiger partial charge in [0.25, 0.3) is 0 Å². The Balaban J connectivity index is 1.49. The monoisotopic (exact) mass is 182 g/mol. The van der Waals surface area contributed by atoms with Crippen LogP contribution in [-0.4, -0.2) is 12.2 Å². The predicted molar refractivity (Wildman–Crippen MR) is 54.7 cm³/mol. The fraction of sp³-hybridized carbons (Fsp3) is 1.00. The molecule has 1 aliphatic carbocycles. The molecule has 0 radical (unpaired) electrons. The summed E-state index contributed by atoms with van der Waals surface area (Å²) in [5, 5.41) is 0. The van der Waals surface area contributed by atoms with Gasteiger partial charge in [-0.15, -0.1) is 0 Å². The Labute approximate surface area is 81.9 Å². The van der Waals surface area contributed by atoms with Crippen molar-refractivity contribution in [3.63, 3.8) is 0 Å². The van der Waals surface area contributed by atoms with E-state index < -0.39 is 0 Å². The molecule has 2 rings (SSSR count). The third-order valence-corrected chi connectivity index (χ3v) is 3.46. The molecular weight excluding hydrogens is 160 g/mol. The molecule has 0 aromatic carbocycles. The zero-order chi connectivity index (χ0) is 9.26. The minimum absolute atomic E-state index is 0.690. The molecular formula is C12H22O. The first-order valence-corrected chi connectivity index (χ1v) is 5.91. The third-order valence-electron chi connectivity index (χ3n) is 3.46. The Hall–Kier alpha value is -0.0400. The summed E-state index contributed by atoms with van der Waals surface area (Å²) < 4.78 is 5.43. The van der Waals surface area contributed by atoms with E-state index in [0.29, 0.717) is 12.2 Å². The van der Waals surface area contributed by atoms with Gasteiger partial charge in [0.15, 0.2) is 0 Å². The molecule has 0 amide bonds. The largest absolute Gasteiger partial charge is 0.370 e. The van der Waals surface area contributed by atoms with E-state index in [2.05, 4.69) is 13.8 Å². The first-order valence-electron chi connectivity index (χ1n) is 5.91. The van der Waals surface area contributed by atoms with Gasteiger partial charge in [-0.25, -0.2) is 0 Å². The molecule has 2 aliphatic rings. The molecule has 76 valence electrons. The summed E-state index contributed by atoms with van der Waals surface area (Å²) in [4.78, 5) is 0. The normalized spacial score (nSPS) is 36.7. The van der Waals surface area contributed by atoms with Crippen LogP contribution in [0.4, 0.5) is 0 Å². The molecule has 13 heavy (non-hydrogen) atoms. The standard InChI is InChI=1S/C12H22O/c1-9(2)5-3-4-6-10-7-11-12(8-10)13-11/h9-12H,3-8H2,1-2H3. The molecule has 2 unspecified atom stereocenters. The lowest BCUT2D eigenvalue weighted by molar-refractivity contribution is 0.261. The highest BCUT2D eigenvalue weighted by Crippen LogP contribution is 2.43. The van der Waals surface area contributed by atoms with Gasteiger partial charge < -0.3 is 4.74 Å². The summed E-state index contributed by atoms with van der Waals surface area (Å²) in [7, 11) is 0. The summed E-state index contributed by atoms with van der Waals surface area (Å²) in [6.45, 7) is 4.64. The summed E-state index contributed by atoms with van der Waals surface area (Å²) in [5.41, 5.74) is 0. The third kappa shape index (κ3) is 2.70. The zero-order valence-corrected chi connectivity index (χ0v) is 8.96. The second-order valence-corrected chi connectivity index (χ2v) is 5.23. The molecule has 0 spiro atoms. The maximum atomic E-state index is 5.43. The zero-order valence-electron chi connectivity index (χ0n) is 8.96. The second-order valence-electron chi connectivity index (χ2n) is 5.23. The van der Waals surface area contributed by atoms with Crippen LogP contribution in [0.25, 0.3) is 0 Å². The highest BCUT2D eigenvalue weighted by atomic mass is 16.6. The first-order chi connectivity index (χ1) is 6.25. The van der Waals surface area contributed by atoms with Gasteiger partial charge >= 0.3 is 0 Å². The fourth-order valence-corrected chi connectivity index (χ4v) is 2.57. The Bertz CT molecular complexity index is 155. The van der Waals surface area contributed by atoms with Crippen molar-refractivity contribution in [3.8, 4) is 0 Å².